The van der Waals surface area contributed by atoms with Crippen LogP contribution in [0.4, 0.5) is 4.79 Å². The van der Waals surface area contributed by atoms with Gasteiger partial charge in [0.05, 0.1) is 30.4 Å². The van der Waals surface area contributed by atoms with Crippen LogP contribution in [-0.4, -0.2) is 70.9 Å². The van der Waals surface area contributed by atoms with E-state index in [-0.39, 0.29) is 24.2 Å². The van der Waals surface area contributed by atoms with Gasteiger partial charge in [-0.2, -0.15) is 0 Å². The Labute approximate surface area is 244 Å². The average molecular weight is 580 g/mol. The highest BCUT2D eigenvalue weighted by atomic mass is 16.6. The highest BCUT2D eigenvalue weighted by Gasteiger charge is 2.56. The molecule has 233 valence electrons. The number of hydroxylamine groups is 2. The number of ether oxygens (including phenoxy) is 2. The van der Waals surface area contributed by atoms with Crippen LogP contribution in [0.15, 0.2) is 0 Å². The second-order valence-corrected chi connectivity index (χ2v) is 14.2. The first-order valence-electron chi connectivity index (χ1n) is 15.1. The lowest BCUT2D eigenvalue weighted by atomic mass is 9.69. The Morgan fingerprint density at radius 3 is 1.83 bits per heavy atom. The normalized spacial score (nSPS) is 31.8. The standard InChI is InChI=1S/C30H51N4O7/c1-28(2,3)41-27(38)33-20-15-11-9-13-18(20)24(35)32-22-17-29(4,5)34(39)30(6,7)23(22)25(36)31-21-16-12-10-14-19(21)26(37)40-8/h18-23H,9-17H2,1-8H3,(H,31,36)(H,32,35)(H,33,38)/t18-,19-,20-,21-,22-,23-/m0/s1. The molecule has 3 rings (SSSR count). The van der Waals surface area contributed by atoms with Gasteiger partial charge in [-0.15, -0.1) is 10.3 Å². The number of hydrogen-bond acceptors (Lipinski definition) is 7. The SMILES string of the molecule is COC(=O)[C@H]1CCCC[C@@H]1NC(=O)[C@@H]1[C@@H](NC(=O)[C@H]2CCCC[C@@H]2NC(=O)OC(C)(C)C)CC(C)(C)N([O])C1(C)C. The van der Waals surface area contributed by atoms with Crippen molar-refractivity contribution in [1.29, 1.82) is 0 Å². The summed E-state index contributed by atoms with van der Waals surface area (Å²) in [4.78, 5) is 52.7. The summed E-state index contributed by atoms with van der Waals surface area (Å²) in [5.74, 6) is -2.75. The fourth-order valence-electron chi connectivity index (χ4n) is 7.15. The maximum atomic E-state index is 14.0. The van der Waals surface area contributed by atoms with Gasteiger partial charge in [-0.25, -0.2) is 4.79 Å². The van der Waals surface area contributed by atoms with Gasteiger partial charge in [0.25, 0.3) is 0 Å². The molecule has 2 saturated carbocycles. The number of methoxy groups -OCH3 is 1. The summed E-state index contributed by atoms with van der Waals surface area (Å²) >= 11 is 0. The number of esters is 1. The molecule has 0 bridgehead atoms. The van der Waals surface area contributed by atoms with Crippen molar-refractivity contribution in [3.8, 4) is 0 Å². The van der Waals surface area contributed by atoms with Crippen molar-refractivity contribution in [1.82, 2.24) is 21.0 Å². The summed E-state index contributed by atoms with van der Waals surface area (Å²) in [5, 5.41) is 23.6. The molecule has 11 heteroatoms. The van der Waals surface area contributed by atoms with Gasteiger partial charge in [0.2, 0.25) is 11.8 Å². The second kappa shape index (κ2) is 12.9. The lowest BCUT2D eigenvalue weighted by Crippen LogP contribution is -2.71. The first-order chi connectivity index (χ1) is 19.0. The number of hydrogen-bond donors (Lipinski definition) is 3. The number of amides is 3. The van der Waals surface area contributed by atoms with E-state index in [1.165, 1.54) is 7.11 Å². The van der Waals surface area contributed by atoms with E-state index in [0.29, 0.717) is 25.7 Å². The Kier molecular flexibility index (Phi) is 10.4. The van der Waals surface area contributed by atoms with Crippen molar-refractivity contribution in [2.75, 3.05) is 7.11 Å². The molecule has 41 heavy (non-hydrogen) atoms. The van der Waals surface area contributed by atoms with Gasteiger partial charge in [0.1, 0.15) is 5.60 Å². The van der Waals surface area contributed by atoms with E-state index in [1.807, 2.05) is 13.8 Å². The molecule has 0 aromatic heterocycles. The molecule has 1 saturated heterocycles. The molecule has 6 atom stereocenters. The molecule has 0 unspecified atom stereocenters. The van der Waals surface area contributed by atoms with E-state index in [2.05, 4.69) is 16.0 Å². The Morgan fingerprint density at radius 2 is 1.27 bits per heavy atom. The monoisotopic (exact) mass is 579 g/mol. The topological polar surface area (TPSA) is 146 Å². The molecular weight excluding hydrogens is 528 g/mol. The minimum Gasteiger partial charge on any atom is -0.469 e. The first-order valence-corrected chi connectivity index (χ1v) is 15.1. The molecule has 0 aromatic rings. The summed E-state index contributed by atoms with van der Waals surface area (Å²) in [5.41, 5.74) is -2.63. The Morgan fingerprint density at radius 1 is 0.756 bits per heavy atom. The van der Waals surface area contributed by atoms with Gasteiger partial charge >= 0.3 is 12.1 Å². The Bertz CT molecular complexity index is 976. The summed E-state index contributed by atoms with van der Waals surface area (Å²) in [6, 6.07) is -1.41. The van der Waals surface area contributed by atoms with E-state index >= 15 is 0 Å². The largest absolute Gasteiger partial charge is 0.469 e. The first kappa shape index (κ1) is 33.1. The molecule has 3 fully saturated rings. The number of rotatable bonds is 6. The minimum absolute atomic E-state index is 0.246. The zero-order valence-corrected chi connectivity index (χ0v) is 26.1. The van der Waals surface area contributed by atoms with Gasteiger partial charge in [0, 0.05) is 23.7 Å². The summed E-state index contributed by atoms with van der Waals surface area (Å²) in [6.07, 6.45) is 5.70. The Hall–Kier alpha value is -2.40. The molecular formula is C30H51N4O7. The average Bonchev–Trinajstić information content (AvgIpc) is 2.86. The number of nitrogens with zero attached hydrogens (tertiary/aromatic N) is 1. The number of carbonyl (C=O) groups is 4. The van der Waals surface area contributed by atoms with Gasteiger partial charge in [-0.05, 0) is 80.6 Å². The molecule has 2 aliphatic carbocycles. The minimum atomic E-state index is -1.14. The molecule has 3 aliphatic rings. The van der Waals surface area contributed by atoms with E-state index in [4.69, 9.17) is 9.47 Å². The van der Waals surface area contributed by atoms with Crippen LogP contribution in [-0.2, 0) is 29.1 Å². The van der Waals surface area contributed by atoms with Gasteiger partial charge < -0.3 is 25.4 Å². The number of alkyl carbamates (subject to hydrolysis) is 1. The quantitative estimate of drug-likeness (QED) is 0.407. The predicted octanol–water partition coefficient (Wildman–Crippen LogP) is 3.63. The van der Waals surface area contributed by atoms with E-state index in [0.717, 1.165) is 30.7 Å². The molecule has 3 N–H and O–H groups in total. The van der Waals surface area contributed by atoms with Gasteiger partial charge in [-0.3, -0.25) is 14.4 Å². The van der Waals surface area contributed by atoms with Crippen molar-refractivity contribution in [3.05, 3.63) is 0 Å². The molecule has 1 aliphatic heterocycles. The summed E-state index contributed by atoms with van der Waals surface area (Å²) < 4.78 is 10.4. The van der Waals surface area contributed by atoms with Crippen molar-refractivity contribution in [2.24, 2.45) is 17.8 Å². The molecule has 0 spiro atoms. The fraction of sp³-hybridized carbons (Fsp3) is 0.867. The highest BCUT2D eigenvalue weighted by molar-refractivity contribution is 5.85. The van der Waals surface area contributed by atoms with E-state index in [1.54, 1.807) is 34.6 Å². The third kappa shape index (κ3) is 7.91. The highest BCUT2D eigenvalue weighted by Crippen LogP contribution is 2.42. The van der Waals surface area contributed by atoms with Crippen molar-refractivity contribution in [2.45, 2.75) is 141 Å². The summed E-state index contributed by atoms with van der Waals surface area (Å²) in [7, 11) is 1.35. The van der Waals surface area contributed by atoms with Crippen molar-refractivity contribution >= 4 is 23.9 Å². The maximum Gasteiger partial charge on any atom is 0.407 e. The Balaban J connectivity index is 1.83. The third-order valence-electron chi connectivity index (χ3n) is 8.97. The number of piperidine rings is 1. The zero-order chi connectivity index (χ0) is 30.8. The third-order valence-corrected chi connectivity index (χ3v) is 8.97. The van der Waals surface area contributed by atoms with Gasteiger partial charge in [-0.1, -0.05) is 25.7 Å². The van der Waals surface area contributed by atoms with Crippen molar-refractivity contribution in [3.63, 3.8) is 0 Å². The molecule has 1 radical (unpaired) electrons. The molecule has 11 nitrogen and oxygen atoms in total. The lowest BCUT2D eigenvalue weighted by Gasteiger charge is -2.54. The molecule has 1 heterocycles. The zero-order valence-electron chi connectivity index (χ0n) is 26.1. The maximum absolute atomic E-state index is 14.0. The van der Waals surface area contributed by atoms with Crippen LogP contribution in [0.25, 0.3) is 0 Å². The van der Waals surface area contributed by atoms with Crippen LogP contribution in [0, 0.1) is 17.8 Å². The predicted molar refractivity (Wildman–Crippen MR) is 152 cm³/mol. The molecule has 3 amide bonds. The lowest BCUT2D eigenvalue weighted by molar-refractivity contribution is -0.301. The number of nitrogens with one attached hydrogen (secondary N) is 3. The van der Waals surface area contributed by atoms with Crippen LogP contribution < -0.4 is 16.0 Å². The van der Waals surface area contributed by atoms with Crippen molar-refractivity contribution < 1.29 is 33.9 Å². The van der Waals surface area contributed by atoms with E-state index < -0.39 is 58.7 Å². The second-order valence-electron chi connectivity index (χ2n) is 14.2. The fourth-order valence-corrected chi connectivity index (χ4v) is 7.15. The van der Waals surface area contributed by atoms with Crippen LogP contribution >= 0.6 is 0 Å². The van der Waals surface area contributed by atoms with Crippen LogP contribution in [0.3, 0.4) is 0 Å². The van der Waals surface area contributed by atoms with Crippen LogP contribution in [0.2, 0.25) is 0 Å². The summed E-state index contributed by atoms with van der Waals surface area (Å²) in [6.45, 7) is 12.5. The van der Waals surface area contributed by atoms with E-state index in [9.17, 15) is 24.4 Å². The molecule has 0 aromatic carbocycles. The smallest absolute Gasteiger partial charge is 0.407 e. The van der Waals surface area contributed by atoms with Gasteiger partial charge in [0.15, 0.2) is 0 Å². The van der Waals surface area contributed by atoms with Crippen LogP contribution in [0.5, 0.6) is 0 Å². The van der Waals surface area contributed by atoms with Crippen LogP contribution in [0.1, 0.15) is 106 Å². The number of carbonyl (C=O) groups excluding carboxylic acids is 4.